The number of carbonyl (C=O) groups excluding carboxylic acids is 1. The molecule has 0 saturated heterocycles. The van der Waals surface area contributed by atoms with Crippen molar-refractivity contribution in [3.8, 4) is 6.07 Å². The topological polar surface area (TPSA) is 63.0 Å². The highest BCUT2D eigenvalue weighted by molar-refractivity contribution is 5.92. The van der Waals surface area contributed by atoms with Gasteiger partial charge < -0.3 is 4.74 Å². The summed E-state index contributed by atoms with van der Waals surface area (Å²) >= 11 is 0. The third-order valence-electron chi connectivity index (χ3n) is 1.67. The number of pyridine rings is 1. The summed E-state index contributed by atoms with van der Waals surface area (Å²) in [6.45, 7) is 0. The lowest BCUT2D eigenvalue weighted by Crippen LogP contribution is -2.06. The first kappa shape index (κ1) is 11.0. The van der Waals surface area contributed by atoms with Crippen molar-refractivity contribution < 1.29 is 18.3 Å². The molecule has 0 aliphatic carbocycles. The molecule has 0 unspecified atom stereocenters. The van der Waals surface area contributed by atoms with Gasteiger partial charge in [-0.1, -0.05) is 0 Å². The predicted molar refractivity (Wildman–Crippen MR) is 45.2 cm³/mol. The van der Waals surface area contributed by atoms with Crippen LogP contribution in [0.25, 0.3) is 0 Å². The Kier molecular flexibility index (Phi) is 3.29. The molecule has 0 aromatic carbocycles. The van der Waals surface area contributed by atoms with Crippen LogP contribution in [0.3, 0.4) is 0 Å². The van der Waals surface area contributed by atoms with Crippen LogP contribution in [-0.4, -0.2) is 18.1 Å². The summed E-state index contributed by atoms with van der Waals surface area (Å²) in [4.78, 5) is 14.5. The monoisotopic (exact) mass is 212 g/mol. The molecule has 0 bridgehead atoms. The van der Waals surface area contributed by atoms with Gasteiger partial charge in [0.15, 0.2) is 0 Å². The number of nitriles is 1. The van der Waals surface area contributed by atoms with E-state index in [0.29, 0.717) is 0 Å². The Morgan fingerprint density at radius 2 is 2.33 bits per heavy atom. The quantitative estimate of drug-likeness (QED) is 0.699. The highest BCUT2D eigenvalue weighted by Crippen LogP contribution is 2.19. The van der Waals surface area contributed by atoms with Crippen molar-refractivity contribution in [2.24, 2.45) is 0 Å². The van der Waals surface area contributed by atoms with Crippen LogP contribution in [0.2, 0.25) is 0 Å². The maximum atomic E-state index is 12.3. The third-order valence-corrected chi connectivity index (χ3v) is 1.67. The number of esters is 1. The van der Waals surface area contributed by atoms with Gasteiger partial charge in [-0.25, -0.2) is 13.6 Å². The maximum absolute atomic E-state index is 12.3. The molecule has 0 spiro atoms. The Labute approximate surface area is 84.1 Å². The zero-order valence-electron chi connectivity index (χ0n) is 7.70. The lowest BCUT2D eigenvalue weighted by molar-refractivity contribution is 0.0599. The van der Waals surface area contributed by atoms with Gasteiger partial charge in [-0.3, -0.25) is 4.98 Å². The number of aromatic nitrogens is 1. The van der Waals surface area contributed by atoms with Gasteiger partial charge in [0.2, 0.25) is 0 Å². The molecule has 4 nitrogen and oxygen atoms in total. The van der Waals surface area contributed by atoms with Gasteiger partial charge in [-0.2, -0.15) is 5.26 Å². The van der Waals surface area contributed by atoms with Gasteiger partial charge in [-0.15, -0.1) is 0 Å². The van der Waals surface area contributed by atoms with Gasteiger partial charge in [0, 0.05) is 6.20 Å². The number of methoxy groups -OCH3 is 1. The van der Waals surface area contributed by atoms with E-state index in [-0.39, 0.29) is 11.1 Å². The SMILES string of the molecule is COC(=O)c1cc(C(F)F)ncc1C#N. The minimum Gasteiger partial charge on any atom is -0.465 e. The highest BCUT2D eigenvalue weighted by Gasteiger charge is 2.17. The first-order chi connectivity index (χ1) is 7.10. The molecule has 15 heavy (non-hydrogen) atoms. The number of alkyl halides is 2. The summed E-state index contributed by atoms with van der Waals surface area (Å²) in [6, 6.07) is 2.52. The first-order valence-electron chi connectivity index (χ1n) is 3.86. The number of ether oxygens (including phenoxy) is 1. The van der Waals surface area contributed by atoms with Crippen molar-refractivity contribution in [2.45, 2.75) is 6.43 Å². The molecule has 6 heteroatoms. The zero-order valence-corrected chi connectivity index (χ0v) is 7.70. The molecule has 0 amide bonds. The molecular formula is C9H6F2N2O2. The minimum atomic E-state index is -2.79. The largest absolute Gasteiger partial charge is 0.465 e. The molecule has 0 N–H and O–H groups in total. The number of hydrogen-bond acceptors (Lipinski definition) is 4. The number of halogens is 2. The second kappa shape index (κ2) is 4.46. The fourth-order valence-electron chi connectivity index (χ4n) is 0.959. The predicted octanol–water partition coefficient (Wildman–Crippen LogP) is 1.68. The van der Waals surface area contributed by atoms with Gasteiger partial charge >= 0.3 is 5.97 Å². The Hall–Kier alpha value is -2.03. The van der Waals surface area contributed by atoms with Crippen molar-refractivity contribution in [2.75, 3.05) is 7.11 Å². The van der Waals surface area contributed by atoms with Crippen molar-refractivity contribution in [3.63, 3.8) is 0 Å². The molecule has 1 aromatic rings. The molecule has 1 heterocycles. The van der Waals surface area contributed by atoms with E-state index in [1.54, 1.807) is 6.07 Å². The number of rotatable bonds is 2. The summed E-state index contributed by atoms with van der Waals surface area (Å²) in [5.74, 6) is -0.837. The number of carbonyl (C=O) groups is 1. The normalized spacial score (nSPS) is 9.80. The fraction of sp³-hybridized carbons (Fsp3) is 0.222. The van der Waals surface area contributed by atoms with Crippen LogP contribution >= 0.6 is 0 Å². The lowest BCUT2D eigenvalue weighted by Gasteiger charge is -2.03. The van der Waals surface area contributed by atoms with Crippen molar-refractivity contribution in [1.29, 1.82) is 5.26 Å². The minimum absolute atomic E-state index is 0.0914. The van der Waals surface area contributed by atoms with Crippen LogP contribution in [0.5, 0.6) is 0 Å². The lowest BCUT2D eigenvalue weighted by atomic mass is 10.1. The van der Waals surface area contributed by atoms with E-state index in [2.05, 4.69) is 9.72 Å². The van der Waals surface area contributed by atoms with Crippen LogP contribution in [0.4, 0.5) is 8.78 Å². The van der Waals surface area contributed by atoms with E-state index in [4.69, 9.17) is 5.26 Å². The van der Waals surface area contributed by atoms with Crippen LogP contribution in [0.1, 0.15) is 28.0 Å². The maximum Gasteiger partial charge on any atom is 0.339 e. The van der Waals surface area contributed by atoms with Gasteiger partial charge in [-0.05, 0) is 6.07 Å². The Bertz CT molecular complexity index is 427. The summed E-state index contributed by atoms with van der Waals surface area (Å²) < 4.78 is 28.9. The third kappa shape index (κ3) is 2.26. The van der Waals surface area contributed by atoms with Crippen molar-refractivity contribution in [1.82, 2.24) is 4.98 Å². The molecule has 0 saturated carbocycles. The average Bonchev–Trinajstić information content (AvgIpc) is 2.27. The second-order valence-electron chi connectivity index (χ2n) is 2.56. The van der Waals surface area contributed by atoms with Gasteiger partial charge in [0.25, 0.3) is 6.43 Å². The smallest absolute Gasteiger partial charge is 0.339 e. The van der Waals surface area contributed by atoms with Crippen molar-refractivity contribution in [3.05, 3.63) is 29.1 Å². The summed E-state index contributed by atoms with van der Waals surface area (Å²) in [5, 5.41) is 8.61. The molecule has 1 aromatic heterocycles. The van der Waals surface area contributed by atoms with Crippen molar-refractivity contribution >= 4 is 5.97 Å². The van der Waals surface area contributed by atoms with E-state index in [1.165, 1.54) is 0 Å². The summed E-state index contributed by atoms with van der Waals surface area (Å²) in [5.41, 5.74) is -0.856. The van der Waals surface area contributed by atoms with E-state index >= 15 is 0 Å². The van der Waals surface area contributed by atoms with E-state index in [0.717, 1.165) is 19.4 Å². The van der Waals surface area contributed by atoms with Crippen LogP contribution in [0.15, 0.2) is 12.3 Å². The first-order valence-corrected chi connectivity index (χ1v) is 3.86. The Balaban J connectivity index is 3.27. The number of nitrogens with zero attached hydrogens (tertiary/aromatic N) is 2. The molecule has 0 radical (unpaired) electrons. The molecule has 78 valence electrons. The van der Waals surface area contributed by atoms with Gasteiger partial charge in [0.05, 0.1) is 18.2 Å². The Morgan fingerprint density at radius 3 is 2.80 bits per heavy atom. The zero-order chi connectivity index (χ0) is 11.4. The molecule has 0 aliphatic rings. The summed E-state index contributed by atoms with van der Waals surface area (Å²) in [6.07, 6.45) is -1.87. The standard InChI is InChI=1S/C9H6F2N2O2/c1-15-9(14)6-2-7(8(10)11)13-4-5(6)3-12/h2,4,8H,1H3. The van der Waals surface area contributed by atoms with E-state index in [9.17, 15) is 13.6 Å². The molecule has 0 fully saturated rings. The van der Waals surface area contributed by atoms with Crippen LogP contribution in [0, 0.1) is 11.3 Å². The molecule has 0 aliphatic heterocycles. The second-order valence-corrected chi connectivity index (χ2v) is 2.56. The fourth-order valence-corrected chi connectivity index (χ4v) is 0.959. The number of hydrogen-bond donors (Lipinski definition) is 0. The van der Waals surface area contributed by atoms with E-state index < -0.39 is 18.1 Å². The summed E-state index contributed by atoms with van der Waals surface area (Å²) in [7, 11) is 1.10. The molecule has 1 rings (SSSR count). The van der Waals surface area contributed by atoms with Crippen LogP contribution < -0.4 is 0 Å². The molecule has 0 atom stereocenters. The Morgan fingerprint density at radius 1 is 1.67 bits per heavy atom. The average molecular weight is 212 g/mol. The van der Waals surface area contributed by atoms with Gasteiger partial charge in [0.1, 0.15) is 11.8 Å². The van der Waals surface area contributed by atoms with E-state index in [1.807, 2.05) is 0 Å². The molecular weight excluding hydrogens is 206 g/mol. The highest BCUT2D eigenvalue weighted by atomic mass is 19.3. The van der Waals surface area contributed by atoms with Crippen LogP contribution in [-0.2, 0) is 4.74 Å².